The zero-order valence-electron chi connectivity index (χ0n) is 26.4. The number of urea groups is 1. The molecule has 0 unspecified atom stereocenters. The lowest BCUT2D eigenvalue weighted by Crippen LogP contribution is -2.44. The van der Waals surface area contributed by atoms with Crippen molar-refractivity contribution in [2.24, 2.45) is 16.1 Å². The largest absolute Gasteiger partial charge is 0.466 e. The number of nitrogens with one attached hydrogen (secondary N) is 3. The summed E-state index contributed by atoms with van der Waals surface area (Å²) >= 11 is 1.52. The van der Waals surface area contributed by atoms with Crippen LogP contribution in [0.1, 0.15) is 39.2 Å². The van der Waals surface area contributed by atoms with Crippen LogP contribution in [0.5, 0.6) is 0 Å². The number of nitrogens with zero attached hydrogens (tertiary/aromatic N) is 5. The number of thioether (sulfide) groups is 1. The van der Waals surface area contributed by atoms with Crippen LogP contribution in [0, 0.1) is 5.41 Å². The van der Waals surface area contributed by atoms with E-state index in [1.165, 1.54) is 11.8 Å². The van der Waals surface area contributed by atoms with Gasteiger partial charge in [-0.25, -0.2) is 19.8 Å². The van der Waals surface area contributed by atoms with Gasteiger partial charge in [-0.3, -0.25) is 4.79 Å². The van der Waals surface area contributed by atoms with Gasteiger partial charge in [0.25, 0.3) is 0 Å². The second-order valence-corrected chi connectivity index (χ2v) is 11.5. The summed E-state index contributed by atoms with van der Waals surface area (Å²) in [5, 5.41) is 8.93. The van der Waals surface area contributed by atoms with Crippen LogP contribution < -0.4 is 26.6 Å². The molecule has 3 rings (SSSR count). The molecular formula is C31H45N9O3S. The molecular weight excluding hydrogens is 578 g/mol. The molecule has 0 saturated carbocycles. The van der Waals surface area contributed by atoms with Crippen molar-refractivity contribution in [3.05, 3.63) is 55.0 Å². The van der Waals surface area contributed by atoms with Crippen molar-refractivity contribution >= 4 is 41.4 Å². The average Bonchev–Trinajstić information content (AvgIpc) is 3.02. The predicted octanol–water partition coefficient (Wildman–Crippen LogP) is 4.17. The molecule has 1 saturated heterocycles. The molecule has 2 amide bonds. The highest BCUT2D eigenvalue weighted by Crippen LogP contribution is 2.37. The third-order valence-corrected chi connectivity index (χ3v) is 8.40. The quantitative estimate of drug-likeness (QED) is 0.0639. The van der Waals surface area contributed by atoms with Crippen LogP contribution >= 0.6 is 11.8 Å². The number of allylic oxidation sites excluding steroid dienone is 2. The molecule has 1 aromatic heterocycles. The van der Waals surface area contributed by atoms with Crippen LogP contribution in [0.4, 0.5) is 16.4 Å². The lowest BCUT2D eigenvalue weighted by molar-refractivity contribution is -0.155. The van der Waals surface area contributed by atoms with Gasteiger partial charge < -0.3 is 36.2 Å². The summed E-state index contributed by atoms with van der Waals surface area (Å²) in [4.78, 5) is 43.0. The number of guanidine groups is 1. The number of rotatable bonds is 13. The van der Waals surface area contributed by atoms with Crippen LogP contribution in [0.25, 0.3) is 11.1 Å². The first-order valence-electron chi connectivity index (χ1n) is 14.7. The lowest BCUT2D eigenvalue weighted by Gasteiger charge is -2.37. The number of anilines is 2. The van der Waals surface area contributed by atoms with Crippen molar-refractivity contribution in [2.45, 2.75) is 45.1 Å². The molecule has 1 fully saturated rings. The van der Waals surface area contributed by atoms with Gasteiger partial charge in [0.2, 0.25) is 5.95 Å². The molecule has 13 heteroatoms. The third kappa shape index (κ3) is 9.12. The zero-order valence-corrected chi connectivity index (χ0v) is 27.2. The van der Waals surface area contributed by atoms with E-state index in [0.717, 1.165) is 27.3 Å². The van der Waals surface area contributed by atoms with Gasteiger partial charge in [0.1, 0.15) is 0 Å². The number of nitrogens with two attached hydrogens (primary N) is 1. The number of piperidine rings is 1. The van der Waals surface area contributed by atoms with Crippen molar-refractivity contribution < 1.29 is 14.3 Å². The number of hydrogen-bond donors (Lipinski definition) is 4. The smallest absolute Gasteiger partial charge is 0.315 e. The maximum absolute atomic E-state index is 12.4. The van der Waals surface area contributed by atoms with Gasteiger partial charge in [0, 0.05) is 75.0 Å². The fourth-order valence-corrected chi connectivity index (χ4v) is 5.66. The van der Waals surface area contributed by atoms with Crippen LogP contribution in [-0.4, -0.2) is 79.0 Å². The molecule has 0 bridgehead atoms. The lowest BCUT2D eigenvalue weighted by atomic mass is 9.80. The number of hydrogen-bond acceptors (Lipinski definition) is 9. The average molecular weight is 624 g/mol. The van der Waals surface area contributed by atoms with E-state index in [2.05, 4.69) is 48.5 Å². The summed E-state index contributed by atoms with van der Waals surface area (Å²) in [7, 11) is 3.74. The highest BCUT2D eigenvalue weighted by Gasteiger charge is 2.38. The molecule has 1 aromatic carbocycles. The van der Waals surface area contributed by atoms with E-state index < -0.39 is 5.41 Å². The minimum Gasteiger partial charge on any atom is -0.466 e. The van der Waals surface area contributed by atoms with Crippen LogP contribution in [0.3, 0.4) is 0 Å². The van der Waals surface area contributed by atoms with E-state index in [-0.39, 0.29) is 12.0 Å². The first-order chi connectivity index (χ1) is 21.1. The molecule has 0 atom stereocenters. The molecule has 0 spiro atoms. The number of carbonyl (C=O) groups excluding carboxylic acids is 2. The van der Waals surface area contributed by atoms with Crippen molar-refractivity contribution in [1.29, 1.82) is 0 Å². The molecule has 1 aliphatic heterocycles. The SMILES string of the molecule is C=C/C=C\N=C(N)N(C)Cc1cc(-c2cnc(N3CCC(C)(C(=O)OCC)CC3)nc2)cc(NC)c1SCNC(=O)NCC. The van der Waals surface area contributed by atoms with E-state index in [9.17, 15) is 9.59 Å². The van der Waals surface area contributed by atoms with Crippen LogP contribution in [-0.2, 0) is 16.1 Å². The Labute approximate surface area is 264 Å². The third-order valence-electron chi connectivity index (χ3n) is 7.34. The minimum absolute atomic E-state index is 0.138. The maximum atomic E-state index is 12.4. The molecule has 0 radical (unpaired) electrons. The summed E-state index contributed by atoms with van der Waals surface area (Å²) in [6.45, 7) is 12.1. The van der Waals surface area contributed by atoms with Gasteiger partial charge in [-0.1, -0.05) is 12.7 Å². The first-order valence-corrected chi connectivity index (χ1v) is 15.7. The zero-order chi connectivity index (χ0) is 32.1. The fourth-order valence-electron chi connectivity index (χ4n) is 4.68. The highest BCUT2D eigenvalue weighted by atomic mass is 32.2. The molecule has 2 aromatic rings. The Balaban J connectivity index is 1.86. The number of esters is 1. The summed E-state index contributed by atoms with van der Waals surface area (Å²) in [6, 6.07) is 3.91. The molecule has 44 heavy (non-hydrogen) atoms. The van der Waals surface area contributed by atoms with Gasteiger partial charge in [-0.05, 0) is 62.9 Å². The van der Waals surface area contributed by atoms with Gasteiger partial charge >= 0.3 is 12.0 Å². The van der Waals surface area contributed by atoms with Gasteiger partial charge in [-0.15, -0.1) is 11.8 Å². The van der Waals surface area contributed by atoms with Gasteiger partial charge in [-0.2, -0.15) is 0 Å². The Morgan fingerprint density at radius 2 is 1.91 bits per heavy atom. The second-order valence-electron chi connectivity index (χ2n) is 10.5. The number of ether oxygens (including phenoxy) is 1. The normalized spacial score (nSPS) is 14.7. The summed E-state index contributed by atoms with van der Waals surface area (Å²) < 4.78 is 5.29. The first kappa shape index (κ1) is 34.2. The highest BCUT2D eigenvalue weighted by molar-refractivity contribution is 7.99. The summed E-state index contributed by atoms with van der Waals surface area (Å²) in [6.07, 6.45) is 9.95. The standard InChI is InChI=1S/C31H45N9O3S/c1-7-10-13-35-28(32)39(6)20-23-16-22(17-25(33-5)26(23)44-21-38-30(42)34-8-2)24-18-36-29(37-19-24)40-14-11-31(4,12-15-40)27(41)43-9-3/h7,10,13,16-19,33H,1,8-9,11-12,14-15,20-21H2,2-6H3,(H2,32,35)(H2,34,38,42)/b13-10-. The molecule has 12 nitrogen and oxygen atoms in total. The van der Waals surface area contributed by atoms with Crippen LogP contribution in [0.15, 0.2) is 59.3 Å². The summed E-state index contributed by atoms with van der Waals surface area (Å²) in [5.74, 6) is 1.23. The molecule has 5 N–H and O–H groups in total. The van der Waals surface area contributed by atoms with E-state index in [1.807, 2.05) is 58.2 Å². The van der Waals surface area contributed by atoms with Crippen molar-refractivity contribution in [1.82, 2.24) is 25.5 Å². The van der Waals surface area contributed by atoms with E-state index in [0.29, 0.717) is 63.4 Å². The number of aliphatic imine (C=N–C) groups is 1. The van der Waals surface area contributed by atoms with Gasteiger partial charge in [0.15, 0.2) is 5.96 Å². The minimum atomic E-state index is -0.481. The Hall–Kier alpha value is -4.26. The number of benzene rings is 1. The number of amides is 2. The van der Waals surface area contributed by atoms with Crippen molar-refractivity contribution in [3.8, 4) is 11.1 Å². The topological polar surface area (TPSA) is 150 Å². The Morgan fingerprint density at radius 3 is 2.52 bits per heavy atom. The molecule has 238 valence electrons. The molecule has 0 aliphatic carbocycles. The number of carbonyl (C=O) groups is 2. The second kappa shape index (κ2) is 16.6. The van der Waals surface area contributed by atoms with E-state index in [4.69, 9.17) is 10.5 Å². The van der Waals surface area contributed by atoms with Gasteiger partial charge in [0.05, 0.1) is 17.9 Å². The Morgan fingerprint density at radius 1 is 1.20 bits per heavy atom. The monoisotopic (exact) mass is 623 g/mol. The number of aromatic nitrogens is 2. The van der Waals surface area contributed by atoms with E-state index >= 15 is 0 Å². The molecule has 1 aliphatic rings. The van der Waals surface area contributed by atoms with E-state index in [1.54, 1.807) is 18.4 Å². The Bertz CT molecular complexity index is 1340. The van der Waals surface area contributed by atoms with Crippen LogP contribution in [0.2, 0.25) is 0 Å². The predicted molar refractivity (Wildman–Crippen MR) is 179 cm³/mol. The molecule has 2 heterocycles. The fraction of sp³-hybridized carbons (Fsp3) is 0.452. The summed E-state index contributed by atoms with van der Waals surface area (Å²) in [5.41, 5.74) is 9.43. The Kier molecular flexibility index (Phi) is 12.9. The van der Waals surface area contributed by atoms with Crippen molar-refractivity contribution in [3.63, 3.8) is 0 Å². The maximum Gasteiger partial charge on any atom is 0.315 e. The van der Waals surface area contributed by atoms with Crippen molar-refractivity contribution in [2.75, 3.05) is 56.4 Å².